The van der Waals surface area contributed by atoms with E-state index < -0.39 is 5.82 Å². The van der Waals surface area contributed by atoms with E-state index in [2.05, 4.69) is 0 Å². The van der Waals surface area contributed by atoms with Gasteiger partial charge in [-0.3, -0.25) is 5.41 Å². The van der Waals surface area contributed by atoms with Crippen LogP contribution in [-0.4, -0.2) is 5.84 Å². The van der Waals surface area contributed by atoms with Gasteiger partial charge in [0, 0.05) is 10.6 Å². The Labute approximate surface area is 68.3 Å². The van der Waals surface area contributed by atoms with E-state index in [1.165, 1.54) is 6.07 Å². The van der Waals surface area contributed by atoms with Crippen molar-refractivity contribution in [1.82, 2.24) is 0 Å². The van der Waals surface area contributed by atoms with E-state index >= 15 is 0 Å². The number of hydrogen-bond acceptors (Lipinski definition) is 1. The Morgan fingerprint density at radius 2 is 2.09 bits per heavy atom. The SMILES string of the molecule is N=C(N)c1cc(F)cc(Cl)c1. The third kappa shape index (κ3) is 1.91. The van der Waals surface area contributed by atoms with E-state index in [-0.39, 0.29) is 10.9 Å². The molecule has 0 radical (unpaired) electrons. The molecule has 58 valence electrons. The molecule has 2 nitrogen and oxygen atoms in total. The zero-order valence-electron chi connectivity index (χ0n) is 5.57. The molecule has 4 heteroatoms. The van der Waals surface area contributed by atoms with Crippen molar-refractivity contribution in [2.75, 3.05) is 0 Å². The van der Waals surface area contributed by atoms with Crippen LogP contribution >= 0.6 is 11.6 Å². The molecule has 1 rings (SSSR count). The van der Waals surface area contributed by atoms with Crippen molar-refractivity contribution in [2.24, 2.45) is 5.73 Å². The van der Waals surface area contributed by atoms with Gasteiger partial charge in [0.2, 0.25) is 0 Å². The number of amidine groups is 1. The lowest BCUT2D eigenvalue weighted by Gasteiger charge is -1.98. The monoisotopic (exact) mass is 172 g/mol. The van der Waals surface area contributed by atoms with Crippen LogP contribution in [0.25, 0.3) is 0 Å². The Kier molecular flexibility index (Phi) is 2.10. The Balaban J connectivity index is 3.19. The standard InChI is InChI=1S/C7H6ClFN2/c8-5-1-4(7(10)11)2-6(9)3-5/h1-3H,(H3,10,11). The van der Waals surface area contributed by atoms with Gasteiger partial charge in [0.15, 0.2) is 0 Å². The Morgan fingerprint density at radius 3 is 2.55 bits per heavy atom. The summed E-state index contributed by atoms with van der Waals surface area (Å²) in [6, 6.07) is 3.76. The highest BCUT2D eigenvalue weighted by Crippen LogP contribution is 2.13. The smallest absolute Gasteiger partial charge is 0.125 e. The summed E-state index contributed by atoms with van der Waals surface area (Å²) in [5, 5.41) is 7.23. The van der Waals surface area contributed by atoms with Crippen molar-refractivity contribution in [3.8, 4) is 0 Å². The van der Waals surface area contributed by atoms with Crippen molar-refractivity contribution in [3.63, 3.8) is 0 Å². The first kappa shape index (κ1) is 8.01. The quantitative estimate of drug-likeness (QED) is 0.492. The largest absolute Gasteiger partial charge is 0.384 e. The summed E-state index contributed by atoms with van der Waals surface area (Å²) in [6.07, 6.45) is 0. The van der Waals surface area contributed by atoms with Crippen LogP contribution in [0.15, 0.2) is 18.2 Å². The molecule has 3 N–H and O–H groups in total. The molecule has 1 aromatic rings. The Bertz CT molecular complexity index is 278. The van der Waals surface area contributed by atoms with E-state index in [0.29, 0.717) is 5.56 Å². The second-order valence-electron chi connectivity index (χ2n) is 2.07. The Morgan fingerprint density at radius 1 is 1.45 bits per heavy atom. The van der Waals surface area contributed by atoms with E-state index in [1.54, 1.807) is 0 Å². The average molecular weight is 173 g/mol. The second kappa shape index (κ2) is 2.88. The zero-order chi connectivity index (χ0) is 8.43. The number of nitrogens with two attached hydrogens (primary N) is 1. The first-order valence-corrected chi connectivity index (χ1v) is 3.28. The maximum absolute atomic E-state index is 12.6. The molecule has 0 heterocycles. The van der Waals surface area contributed by atoms with Crippen molar-refractivity contribution in [1.29, 1.82) is 5.41 Å². The van der Waals surface area contributed by atoms with Crippen LogP contribution in [0.3, 0.4) is 0 Å². The van der Waals surface area contributed by atoms with Crippen LogP contribution in [-0.2, 0) is 0 Å². The molecule has 0 bridgehead atoms. The summed E-state index contributed by atoms with van der Waals surface area (Å²) < 4.78 is 12.6. The highest BCUT2D eigenvalue weighted by atomic mass is 35.5. The van der Waals surface area contributed by atoms with E-state index in [1.807, 2.05) is 0 Å². The Hall–Kier alpha value is -1.09. The number of nitrogen functional groups attached to an aromatic ring is 1. The van der Waals surface area contributed by atoms with Crippen LogP contribution in [0.1, 0.15) is 5.56 Å². The molecule has 0 aliphatic rings. The van der Waals surface area contributed by atoms with E-state index in [4.69, 9.17) is 22.7 Å². The normalized spacial score (nSPS) is 9.64. The fraction of sp³-hybridized carbons (Fsp3) is 0. The van der Waals surface area contributed by atoms with Crippen LogP contribution in [0.5, 0.6) is 0 Å². The predicted molar refractivity (Wildman–Crippen MR) is 42.4 cm³/mol. The predicted octanol–water partition coefficient (Wildman–Crippen LogP) is 1.76. The molecule has 0 atom stereocenters. The van der Waals surface area contributed by atoms with Crippen molar-refractivity contribution in [3.05, 3.63) is 34.6 Å². The molecule has 0 unspecified atom stereocenters. The lowest BCUT2D eigenvalue weighted by molar-refractivity contribution is 0.627. The summed E-state index contributed by atoms with van der Waals surface area (Å²) in [5.41, 5.74) is 5.41. The molecule has 0 amide bonds. The van der Waals surface area contributed by atoms with Crippen molar-refractivity contribution < 1.29 is 4.39 Å². The third-order valence-corrected chi connectivity index (χ3v) is 1.39. The van der Waals surface area contributed by atoms with Gasteiger partial charge >= 0.3 is 0 Å². The fourth-order valence-electron chi connectivity index (χ4n) is 0.709. The second-order valence-corrected chi connectivity index (χ2v) is 2.51. The average Bonchev–Trinajstić information content (AvgIpc) is 1.85. The first-order valence-electron chi connectivity index (χ1n) is 2.90. The number of halogens is 2. The molecule has 11 heavy (non-hydrogen) atoms. The van der Waals surface area contributed by atoms with E-state index in [9.17, 15) is 4.39 Å². The highest BCUT2D eigenvalue weighted by molar-refractivity contribution is 6.31. The van der Waals surface area contributed by atoms with Crippen molar-refractivity contribution in [2.45, 2.75) is 0 Å². The van der Waals surface area contributed by atoms with Crippen LogP contribution in [0, 0.1) is 11.2 Å². The van der Waals surface area contributed by atoms with Gasteiger partial charge in [0.05, 0.1) is 0 Å². The molecule has 1 aromatic carbocycles. The van der Waals surface area contributed by atoms with Gasteiger partial charge in [-0.2, -0.15) is 0 Å². The molecular weight excluding hydrogens is 167 g/mol. The van der Waals surface area contributed by atoms with Crippen LogP contribution in [0.2, 0.25) is 5.02 Å². The van der Waals surface area contributed by atoms with Gasteiger partial charge in [-0.1, -0.05) is 11.6 Å². The maximum atomic E-state index is 12.6. The van der Waals surface area contributed by atoms with Crippen LogP contribution < -0.4 is 5.73 Å². The highest BCUT2D eigenvalue weighted by Gasteiger charge is 2.00. The minimum Gasteiger partial charge on any atom is -0.384 e. The van der Waals surface area contributed by atoms with Gasteiger partial charge in [-0.15, -0.1) is 0 Å². The molecule has 0 fully saturated rings. The lowest BCUT2D eigenvalue weighted by atomic mass is 10.2. The first-order chi connectivity index (χ1) is 5.09. The zero-order valence-corrected chi connectivity index (χ0v) is 6.32. The van der Waals surface area contributed by atoms with Gasteiger partial charge < -0.3 is 5.73 Å². The molecule has 0 aromatic heterocycles. The number of benzene rings is 1. The van der Waals surface area contributed by atoms with Crippen LogP contribution in [0.4, 0.5) is 4.39 Å². The minimum absolute atomic E-state index is 0.189. The maximum Gasteiger partial charge on any atom is 0.125 e. The fourth-order valence-corrected chi connectivity index (χ4v) is 0.931. The molecule has 0 spiro atoms. The van der Waals surface area contributed by atoms with Gasteiger partial charge in [-0.05, 0) is 18.2 Å². The van der Waals surface area contributed by atoms with E-state index in [0.717, 1.165) is 12.1 Å². The summed E-state index contributed by atoms with van der Waals surface area (Å²) in [6.45, 7) is 0. The number of hydrogen-bond donors (Lipinski definition) is 2. The molecule has 0 saturated heterocycles. The summed E-state index contributed by atoms with van der Waals surface area (Å²) in [4.78, 5) is 0. The van der Waals surface area contributed by atoms with Gasteiger partial charge in [0.1, 0.15) is 11.7 Å². The number of rotatable bonds is 1. The summed E-state index contributed by atoms with van der Waals surface area (Å²) in [7, 11) is 0. The topological polar surface area (TPSA) is 49.9 Å². The van der Waals surface area contributed by atoms with Crippen molar-refractivity contribution >= 4 is 17.4 Å². The molecular formula is C7H6ClFN2. The number of nitrogens with one attached hydrogen (secondary N) is 1. The summed E-state index contributed by atoms with van der Waals surface area (Å²) in [5.74, 6) is -0.672. The lowest BCUT2D eigenvalue weighted by Crippen LogP contribution is -2.11. The van der Waals surface area contributed by atoms with Gasteiger partial charge in [0.25, 0.3) is 0 Å². The third-order valence-electron chi connectivity index (χ3n) is 1.17. The molecule has 0 aliphatic heterocycles. The van der Waals surface area contributed by atoms with Gasteiger partial charge in [-0.25, -0.2) is 4.39 Å². The summed E-state index contributed by atoms with van der Waals surface area (Å²) >= 11 is 5.50. The minimum atomic E-state index is -0.484. The molecule has 0 saturated carbocycles. The molecule has 0 aliphatic carbocycles.